The molecule has 0 amide bonds. The van der Waals surface area contributed by atoms with Crippen molar-refractivity contribution in [2.45, 2.75) is 37.3 Å². The lowest BCUT2D eigenvalue weighted by Crippen LogP contribution is -2.44. The van der Waals surface area contributed by atoms with Crippen molar-refractivity contribution in [1.29, 1.82) is 0 Å². The van der Waals surface area contributed by atoms with E-state index in [1.807, 2.05) is 36.4 Å². The van der Waals surface area contributed by atoms with Crippen molar-refractivity contribution in [2.75, 3.05) is 13.7 Å². The second-order valence-corrected chi connectivity index (χ2v) is 8.08. The quantitative estimate of drug-likeness (QED) is 0.486. The summed E-state index contributed by atoms with van der Waals surface area (Å²) in [5, 5.41) is 7.20. The summed E-state index contributed by atoms with van der Waals surface area (Å²) in [6, 6.07) is 25.1. The second kappa shape index (κ2) is 10.3. The van der Waals surface area contributed by atoms with Gasteiger partial charge in [-0.1, -0.05) is 60.7 Å². The third-order valence-corrected chi connectivity index (χ3v) is 5.99. The molecule has 1 heterocycles. The summed E-state index contributed by atoms with van der Waals surface area (Å²) in [5.41, 5.74) is 3.04. The number of methoxy groups -OCH3 is 1. The predicted molar refractivity (Wildman–Crippen MR) is 121 cm³/mol. The summed E-state index contributed by atoms with van der Waals surface area (Å²) in [6.45, 7) is 1.21. The fraction of sp³-hybridized carbons (Fsp3) is 0.308. The lowest BCUT2D eigenvalue weighted by molar-refractivity contribution is -0.274. The Labute approximate surface area is 191 Å². The fourth-order valence-electron chi connectivity index (χ4n) is 4.57. The molecule has 0 aliphatic carbocycles. The van der Waals surface area contributed by atoms with E-state index in [0.717, 1.165) is 13.0 Å². The highest BCUT2D eigenvalue weighted by Gasteiger charge is 2.35. The highest BCUT2D eigenvalue weighted by molar-refractivity contribution is 5.41. The first-order valence-electron chi connectivity index (χ1n) is 10.9. The molecule has 7 heteroatoms. The first-order valence-corrected chi connectivity index (χ1v) is 10.9. The van der Waals surface area contributed by atoms with Crippen LogP contribution in [0.1, 0.15) is 29.0 Å². The van der Waals surface area contributed by atoms with E-state index in [1.54, 1.807) is 0 Å². The highest BCUT2D eigenvalue weighted by Crippen LogP contribution is 2.33. The van der Waals surface area contributed by atoms with Crippen molar-refractivity contribution in [2.24, 2.45) is 0 Å². The molecule has 1 fully saturated rings. The predicted octanol–water partition coefficient (Wildman–Crippen LogP) is 5.25. The van der Waals surface area contributed by atoms with Gasteiger partial charge in [0.1, 0.15) is 11.5 Å². The van der Waals surface area contributed by atoms with Crippen LogP contribution in [-0.4, -0.2) is 32.1 Å². The van der Waals surface area contributed by atoms with Crippen molar-refractivity contribution in [3.8, 4) is 11.5 Å². The molecular weight excluding hydrogens is 429 g/mol. The van der Waals surface area contributed by atoms with E-state index in [9.17, 15) is 13.2 Å². The molecule has 2 atom stereocenters. The molecule has 2 N–H and O–H groups in total. The summed E-state index contributed by atoms with van der Waals surface area (Å²) in [7, 11) is 1.50. The van der Waals surface area contributed by atoms with Crippen LogP contribution in [0.25, 0.3) is 0 Å². The van der Waals surface area contributed by atoms with Crippen molar-refractivity contribution in [3.05, 3.63) is 95.6 Å². The Balaban J connectivity index is 1.55. The second-order valence-electron chi connectivity index (χ2n) is 8.08. The largest absolute Gasteiger partial charge is 0.573 e. The minimum atomic E-state index is -4.74. The Kier molecular flexibility index (Phi) is 7.20. The SMILES string of the molecule is COc1ccc(OC(F)(F)F)cc1CNC1CCNC1C(c1ccccc1)c1ccccc1. The zero-order valence-corrected chi connectivity index (χ0v) is 18.3. The lowest BCUT2D eigenvalue weighted by atomic mass is 9.82. The maximum Gasteiger partial charge on any atom is 0.573 e. The molecule has 174 valence electrons. The molecule has 0 bridgehead atoms. The molecular formula is C26H27F3N2O2. The zero-order chi connectivity index (χ0) is 23.3. The minimum Gasteiger partial charge on any atom is -0.496 e. The molecule has 3 aromatic carbocycles. The normalized spacial score (nSPS) is 18.5. The Morgan fingerprint density at radius 1 is 0.970 bits per heavy atom. The summed E-state index contributed by atoms with van der Waals surface area (Å²) < 4.78 is 47.5. The van der Waals surface area contributed by atoms with Crippen LogP contribution in [0.5, 0.6) is 11.5 Å². The van der Waals surface area contributed by atoms with Gasteiger partial charge in [0.15, 0.2) is 0 Å². The first-order chi connectivity index (χ1) is 15.9. The van der Waals surface area contributed by atoms with Crippen molar-refractivity contribution in [1.82, 2.24) is 10.6 Å². The minimum absolute atomic E-state index is 0.118. The van der Waals surface area contributed by atoms with E-state index in [0.29, 0.717) is 17.9 Å². The molecule has 1 aliphatic heterocycles. The number of benzene rings is 3. The molecule has 0 spiro atoms. The van der Waals surface area contributed by atoms with E-state index in [4.69, 9.17) is 4.74 Å². The van der Waals surface area contributed by atoms with Crippen LogP contribution in [0.2, 0.25) is 0 Å². The number of rotatable bonds is 8. The Hall–Kier alpha value is -3.03. The van der Waals surface area contributed by atoms with E-state index < -0.39 is 6.36 Å². The van der Waals surface area contributed by atoms with Gasteiger partial charge in [0.2, 0.25) is 0 Å². The van der Waals surface area contributed by atoms with E-state index >= 15 is 0 Å². The van der Waals surface area contributed by atoms with Crippen molar-refractivity contribution >= 4 is 0 Å². The Bertz CT molecular complexity index is 989. The van der Waals surface area contributed by atoms with Crippen molar-refractivity contribution in [3.63, 3.8) is 0 Å². The molecule has 3 aromatic rings. The van der Waals surface area contributed by atoms with Gasteiger partial charge in [-0.15, -0.1) is 13.2 Å². The zero-order valence-electron chi connectivity index (χ0n) is 18.3. The summed E-state index contributed by atoms with van der Waals surface area (Å²) in [4.78, 5) is 0. The molecule has 1 aliphatic rings. The van der Waals surface area contributed by atoms with Gasteiger partial charge in [-0.25, -0.2) is 0 Å². The molecule has 0 radical (unpaired) electrons. The molecule has 1 saturated heterocycles. The summed E-state index contributed by atoms with van der Waals surface area (Å²) >= 11 is 0. The van der Waals surface area contributed by atoms with Gasteiger partial charge in [-0.3, -0.25) is 0 Å². The van der Waals surface area contributed by atoms with Gasteiger partial charge >= 0.3 is 6.36 Å². The number of alkyl halides is 3. The highest BCUT2D eigenvalue weighted by atomic mass is 19.4. The van der Waals surface area contributed by atoms with Gasteiger partial charge in [0.25, 0.3) is 0 Å². The average Bonchev–Trinajstić information content (AvgIpc) is 3.26. The maximum absolute atomic E-state index is 12.7. The first kappa shape index (κ1) is 23.1. The standard InChI is InChI=1S/C26H27F3N2O2/c1-32-23-13-12-21(33-26(27,28)29)16-20(23)17-31-22-14-15-30-25(22)24(18-8-4-2-5-9-18)19-10-6-3-7-11-19/h2-13,16,22,24-25,30-31H,14-15,17H2,1H3. The van der Waals surface area contributed by atoms with Crippen LogP contribution in [0.4, 0.5) is 13.2 Å². The van der Waals surface area contributed by atoms with Crippen LogP contribution in [0, 0.1) is 0 Å². The smallest absolute Gasteiger partial charge is 0.496 e. The van der Waals surface area contributed by atoms with E-state index in [-0.39, 0.29) is 23.8 Å². The molecule has 4 rings (SSSR count). The van der Waals surface area contributed by atoms with E-state index in [1.165, 1.54) is 36.4 Å². The number of hydrogen-bond acceptors (Lipinski definition) is 4. The average molecular weight is 457 g/mol. The van der Waals surface area contributed by atoms with E-state index in [2.05, 4.69) is 39.6 Å². The lowest BCUT2D eigenvalue weighted by Gasteiger charge is -2.30. The number of nitrogens with one attached hydrogen (secondary N) is 2. The third kappa shape index (κ3) is 5.86. The number of ether oxygens (including phenoxy) is 2. The van der Waals surface area contributed by atoms with Crippen LogP contribution < -0.4 is 20.1 Å². The third-order valence-electron chi connectivity index (χ3n) is 5.99. The number of hydrogen-bond donors (Lipinski definition) is 2. The fourth-order valence-corrected chi connectivity index (χ4v) is 4.57. The summed E-state index contributed by atoms with van der Waals surface area (Å²) in [6.07, 6.45) is -3.83. The topological polar surface area (TPSA) is 42.5 Å². The summed E-state index contributed by atoms with van der Waals surface area (Å²) in [5.74, 6) is 0.393. The van der Waals surface area contributed by atoms with Crippen LogP contribution in [-0.2, 0) is 6.54 Å². The molecule has 0 saturated carbocycles. The number of halogens is 3. The van der Waals surface area contributed by atoms with Crippen LogP contribution in [0.15, 0.2) is 78.9 Å². The maximum atomic E-state index is 12.7. The molecule has 4 nitrogen and oxygen atoms in total. The Morgan fingerprint density at radius 3 is 2.18 bits per heavy atom. The van der Waals surface area contributed by atoms with Gasteiger partial charge in [0.05, 0.1) is 7.11 Å². The van der Waals surface area contributed by atoms with Gasteiger partial charge in [-0.2, -0.15) is 0 Å². The van der Waals surface area contributed by atoms with Gasteiger partial charge < -0.3 is 20.1 Å². The monoisotopic (exact) mass is 456 g/mol. The molecule has 33 heavy (non-hydrogen) atoms. The van der Waals surface area contributed by atoms with Gasteiger partial charge in [0, 0.05) is 30.1 Å². The van der Waals surface area contributed by atoms with Crippen LogP contribution in [0.3, 0.4) is 0 Å². The molecule has 0 aromatic heterocycles. The van der Waals surface area contributed by atoms with Crippen LogP contribution >= 0.6 is 0 Å². The van der Waals surface area contributed by atoms with Crippen molar-refractivity contribution < 1.29 is 22.6 Å². The molecule has 2 unspecified atom stereocenters. The Morgan fingerprint density at radius 2 is 1.61 bits per heavy atom. The van der Waals surface area contributed by atoms with Gasteiger partial charge in [-0.05, 0) is 42.3 Å².